The number of hydrogen-bond acceptors (Lipinski definition) is 4. The number of nitrogens with one attached hydrogen (secondary N) is 2. The van der Waals surface area contributed by atoms with Crippen molar-refractivity contribution in [2.75, 3.05) is 7.11 Å². The summed E-state index contributed by atoms with van der Waals surface area (Å²) in [6, 6.07) is 21.7. The molecule has 0 aliphatic heterocycles. The monoisotopic (exact) mass is 407 g/mol. The van der Waals surface area contributed by atoms with Crippen LogP contribution in [0.5, 0.6) is 11.5 Å². The summed E-state index contributed by atoms with van der Waals surface area (Å²) in [7, 11) is 1.62. The second kappa shape index (κ2) is 8.99. The predicted molar refractivity (Wildman–Crippen MR) is 115 cm³/mol. The molecule has 0 bridgehead atoms. The van der Waals surface area contributed by atoms with Crippen LogP contribution < -0.4 is 14.8 Å². The molecule has 1 aromatic heterocycles. The third kappa shape index (κ3) is 4.70. The number of rotatable bonds is 8. The van der Waals surface area contributed by atoms with Crippen LogP contribution in [0.1, 0.15) is 17.0 Å². The van der Waals surface area contributed by atoms with Gasteiger partial charge in [0.25, 0.3) is 0 Å². The molecule has 0 saturated heterocycles. The highest BCUT2D eigenvalue weighted by Crippen LogP contribution is 2.35. The first-order valence-corrected chi connectivity index (χ1v) is 9.78. The molecule has 0 radical (unpaired) electrons. The number of halogens is 1. The van der Waals surface area contributed by atoms with Crippen LogP contribution in [0.15, 0.2) is 66.7 Å². The summed E-state index contributed by atoms with van der Waals surface area (Å²) in [5, 5.41) is 4.01. The Morgan fingerprint density at radius 2 is 1.79 bits per heavy atom. The SMILES string of the molecule is COc1cc(Cl)cc(CNCc2nc3ccccc3[nH]2)c1OCc1ccccc1. The Kier molecular flexibility index (Phi) is 5.98. The van der Waals surface area contributed by atoms with E-state index < -0.39 is 0 Å². The van der Waals surface area contributed by atoms with Crippen molar-refractivity contribution >= 4 is 22.6 Å². The molecule has 6 heteroatoms. The Balaban J connectivity index is 1.48. The van der Waals surface area contributed by atoms with Crippen molar-refractivity contribution in [1.29, 1.82) is 0 Å². The molecule has 1 heterocycles. The van der Waals surface area contributed by atoms with Crippen molar-refractivity contribution in [3.8, 4) is 11.5 Å². The van der Waals surface area contributed by atoms with Crippen LogP contribution in [0.2, 0.25) is 5.02 Å². The summed E-state index contributed by atoms with van der Waals surface area (Å²) in [6.45, 7) is 1.62. The second-order valence-corrected chi connectivity index (χ2v) is 7.11. The van der Waals surface area contributed by atoms with E-state index in [0.29, 0.717) is 36.2 Å². The molecule has 5 nitrogen and oxygen atoms in total. The van der Waals surface area contributed by atoms with Crippen molar-refractivity contribution in [1.82, 2.24) is 15.3 Å². The average Bonchev–Trinajstić information content (AvgIpc) is 3.16. The maximum atomic E-state index is 6.29. The summed E-state index contributed by atoms with van der Waals surface area (Å²) >= 11 is 6.29. The first kappa shape index (κ1) is 19.3. The lowest BCUT2D eigenvalue weighted by atomic mass is 10.1. The number of aromatic amines is 1. The molecular formula is C23H22ClN3O2. The Labute approximate surface area is 174 Å². The highest BCUT2D eigenvalue weighted by molar-refractivity contribution is 6.30. The van der Waals surface area contributed by atoms with Gasteiger partial charge in [-0.1, -0.05) is 54.1 Å². The number of ether oxygens (including phenoxy) is 2. The number of H-pyrrole nitrogens is 1. The van der Waals surface area contributed by atoms with Gasteiger partial charge in [0, 0.05) is 23.2 Å². The van der Waals surface area contributed by atoms with E-state index in [1.54, 1.807) is 13.2 Å². The fourth-order valence-electron chi connectivity index (χ4n) is 3.20. The molecule has 29 heavy (non-hydrogen) atoms. The van der Waals surface area contributed by atoms with Gasteiger partial charge < -0.3 is 19.8 Å². The number of imidazole rings is 1. The zero-order valence-corrected chi connectivity index (χ0v) is 16.9. The van der Waals surface area contributed by atoms with E-state index in [-0.39, 0.29) is 0 Å². The maximum Gasteiger partial charge on any atom is 0.166 e. The lowest BCUT2D eigenvalue weighted by molar-refractivity contribution is 0.280. The Morgan fingerprint density at radius 3 is 2.59 bits per heavy atom. The molecular weight excluding hydrogens is 386 g/mol. The van der Waals surface area contributed by atoms with Gasteiger partial charge in [0.15, 0.2) is 11.5 Å². The number of hydrogen-bond donors (Lipinski definition) is 2. The van der Waals surface area contributed by atoms with Crippen molar-refractivity contribution in [2.45, 2.75) is 19.7 Å². The summed E-state index contributed by atoms with van der Waals surface area (Å²) in [5.74, 6) is 2.19. The minimum absolute atomic E-state index is 0.454. The van der Waals surface area contributed by atoms with E-state index in [1.807, 2.05) is 60.7 Å². The van der Waals surface area contributed by atoms with E-state index in [0.717, 1.165) is 28.0 Å². The van der Waals surface area contributed by atoms with Gasteiger partial charge in [0.2, 0.25) is 0 Å². The molecule has 0 saturated carbocycles. The Bertz CT molecular complexity index is 1060. The minimum atomic E-state index is 0.454. The average molecular weight is 408 g/mol. The quantitative estimate of drug-likeness (QED) is 0.427. The van der Waals surface area contributed by atoms with Crippen LogP contribution in [0.4, 0.5) is 0 Å². The number of fused-ring (bicyclic) bond motifs is 1. The lowest BCUT2D eigenvalue weighted by Crippen LogP contribution is -2.15. The summed E-state index contributed by atoms with van der Waals surface area (Å²) in [6.07, 6.45) is 0. The Morgan fingerprint density at radius 1 is 1.00 bits per heavy atom. The van der Waals surface area contributed by atoms with E-state index >= 15 is 0 Å². The van der Waals surface area contributed by atoms with Crippen molar-refractivity contribution < 1.29 is 9.47 Å². The summed E-state index contributed by atoms with van der Waals surface area (Å²) in [4.78, 5) is 7.91. The fraction of sp³-hybridized carbons (Fsp3) is 0.174. The Hall–Kier alpha value is -3.02. The van der Waals surface area contributed by atoms with Crippen LogP contribution in [0, 0.1) is 0 Å². The van der Waals surface area contributed by atoms with Crippen LogP contribution >= 0.6 is 11.6 Å². The molecule has 0 aliphatic carbocycles. The maximum absolute atomic E-state index is 6.29. The molecule has 4 aromatic rings. The molecule has 0 unspecified atom stereocenters. The smallest absolute Gasteiger partial charge is 0.166 e. The first-order valence-electron chi connectivity index (χ1n) is 9.40. The molecule has 4 rings (SSSR count). The van der Waals surface area contributed by atoms with Crippen LogP contribution in [-0.4, -0.2) is 17.1 Å². The molecule has 3 aromatic carbocycles. The third-order valence-electron chi connectivity index (χ3n) is 4.59. The van der Waals surface area contributed by atoms with E-state index in [2.05, 4.69) is 15.3 Å². The van der Waals surface area contributed by atoms with Crippen LogP contribution in [0.25, 0.3) is 11.0 Å². The van der Waals surface area contributed by atoms with E-state index in [1.165, 1.54) is 0 Å². The second-order valence-electron chi connectivity index (χ2n) is 6.67. The molecule has 0 fully saturated rings. The molecule has 2 N–H and O–H groups in total. The zero-order chi connectivity index (χ0) is 20.1. The van der Waals surface area contributed by atoms with Crippen LogP contribution in [-0.2, 0) is 19.7 Å². The normalized spacial score (nSPS) is 11.0. The number of benzene rings is 3. The zero-order valence-electron chi connectivity index (χ0n) is 16.1. The van der Waals surface area contributed by atoms with Gasteiger partial charge >= 0.3 is 0 Å². The molecule has 0 aliphatic rings. The summed E-state index contributed by atoms with van der Waals surface area (Å²) in [5.41, 5.74) is 4.01. The van der Waals surface area contributed by atoms with Crippen molar-refractivity contribution in [3.63, 3.8) is 0 Å². The van der Waals surface area contributed by atoms with Gasteiger partial charge in [0.1, 0.15) is 12.4 Å². The van der Waals surface area contributed by atoms with Gasteiger partial charge in [-0.15, -0.1) is 0 Å². The largest absolute Gasteiger partial charge is 0.493 e. The molecule has 0 spiro atoms. The highest BCUT2D eigenvalue weighted by atomic mass is 35.5. The highest BCUT2D eigenvalue weighted by Gasteiger charge is 2.13. The number of methoxy groups -OCH3 is 1. The van der Waals surface area contributed by atoms with Crippen LogP contribution in [0.3, 0.4) is 0 Å². The number of para-hydroxylation sites is 2. The van der Waals surface area contributed by atoms with Gasteiger partial charge in [0.05, 0.1) is 24.7 Å². The number of aromatic nitrogens is 2. The van der Waals surface area contributed by atoms with Crippen molar-refractivity contribution in [3.05, 3.63) is 88.7 Å². The topological polar surface area (TPSA) is 59.2 Å². The van der Waals surface area contributed by atoms with E-state index in [9.17, 15) is 0 Å². The molecule has 0 atom stereocenters. The fourth-order valence-corrected chi connectivity index (χ4v) is 3.43. The van der Waals surface area contributed by atoms with Gasteiger partial charge in [-0.3, -0.25) is 0 Å². The van der Waals surface area contributed by atoms with E-state index in [4.69, 9.17) is 21.1 Å². The molecule has 148 valence electrons. The lowest BCUT2D eigenvalue weighted by Gasteiger charge is -2.16. The third-order valence-corrected chi connectivity index (χ3v) is 4.81. The predicted octanol–water partition coefficient (Wildman–Crippen LogP) is 5.09. The minimum Gasteiger partial charge on any atom is -0.493 e. The first-order chi connectivity index (χ1) is 14.2. The van der Waals surface area contributed by atoms with Gasteiger partial charge in [-0.2, -0.15) is 0 Å². The number of nitrogens with zero attached hydrogens (tertiary/aromatic N) is 1. The summed E-state index contributed by atoms with van der Waals surface area (Å²) < 4.78 is 11.6. The van der Waals surface area contributed by atoms with Crippen molar-refractivity contribution in [2.24, 2.45) is 0 Å². The van der Waals surface area contributed by atoms with Gasteiger partial charge in [-0.25, -0.2) is 4.98 Å². The standard InChI is InChI=1S/C23H22ClN3O2/c1-28-21-12-18(24)11-17(23(21)29-15-16-7-3-2-4-8-16)13-25-14-22-26-19-9-5-6-10-20(19)27-22/h2-12,25H,13-15H2,1H3,(H,26,27). The van der Waals surface area contributed by atoms with Gasteiger partial charge in [-0.05, 0) is 23.8 Å². The molecule has 0 amide bonds.